The van der Waals surface area contributed by atoms with Crippen molar-refractivity contribution in [1.29, 1.82) is 0 Å². The molecule has 1 aliphatic rings. The van der Waals surface area contributed by atoms with E-state index in [1.165, 1.54) is 0 Å². The Hall–Kier alpha value is -1.59. The molecule has 24 heavy (non-hydrogen) atoms. The fourth-order valence-electron chi connectivity index (χ4n) is 2.97. The minimum Gasteiger partial charge on any atom is -0.508 e. The predicted octanol–water partition coefficient (Wildman–Crippen LogP) is 3.28. The molecule has 1 aromatic rings. The molecule has 1 unspecified atom stereocenters. The number of aromatic hydroxyl groups is 1. The third-order valence-electron chi connectivity index (χ3n) is 3.81. The molecule has 0 aliphatic carbocycles. The molecule has 0 radical (unpaired) electrons. The Kier molecular flexibility index (Phi) is 5.56. The zero-order valence-electron chi connectivity index (χ0n) is 15.3. The third kappa shape index (κ3) is 5.80. The van der Waals surface area contributed by atoms with Gasteiger partial charge < -0.3 is 14.6 Å². The highest BCUT2D eigenvalue weighted by molar-refractivity contribution is 5.70. The molecule has 1 saturated heterocycles. The van der Waals surface area contributed by atoms with Crippen LogP contribution < -0.4 is 0 Å². The monoisotopic (exact) mass is 335 g/mol. The van der Waals surface area contributed by atoms with E-state index in [-0.39, 0.29) is 23.4 Å². The molecular weight excluding hydrogens is 306 g/mol. The summed E-state index contributed by atoms with van der Waals surface area (Å²) in [4.78, 5) is 14.2. The number of hydrogen-bond donors (Lipinski definition) is 1. The van der Waals surface area contributed by atoms with Crippen LogP contribution in [0.3, 0.4) is 0 Å². The minimum absolute atomic E-state index is 0.0759. The zero-order chi connectivity index (χ0) is 18.0. The van der Waals surface area contributed by atoms with Gasteiger partial charge in [-0.05, 0) is 52.3 Å². The van der Waals surface area contributed by atoms with E-state index in [9.17, 15) is 9.90 Å². The molecule has 2 rings (SSSR count). The molecule has 0 amide bonds. The van der Waals surface area contributed by atoms with E-state index in [0.29, 0.717) is 13.0 Å². The Bertz CT molecular complexity index is 560. The van der Waals surface area contributed by atoms with Crippen molar-refractivity contribution in [2.45, 2.75) is 58.3 Å². The van der Waals surface area contributed by atoms with Crippen LogP contribution >= 0.6 is 0 Å². The maximum atomic E-state index is 11.9. The second-order valence-electron chi connectivity index (χ2n) is 8.03. The lowest BCUT2D eigenvalue weighted by Gasteiger charge is -2.43. The van der Waals surface area contributed by atoms with E-state index in [1.807, 2.05) is 32.9 Å². The summed E-state index contributed by atoms with van der Waals surface area (Å²) in [5, 5.41) is 9.45. The molecule has 1 aromatic carbocycles. The molecule has 1 fully saturated rings. The van der Waals surface area contributed by atoms with Crippen LogP contribution in [0.4, 0.5) is 0 Å². The second-order valence-corrected chi connectivity index (χ2v) is 8.03. The quantitative estimate of drug-likeness (QED) is 0.856. The van der Waals surface area contributed by atoms with Crippen LogP contribution in [0.2, 0.25) is 0 Å². The van der Waals surface area contributed by atoms with Crippen LogP contribution in [-0.4, -0.2) is 46.8 Å². The molecule has 1 N–H and O–H groups in total. The van der Waals surface area contributed by atoms with Crippen molar-refractivity contribution in [1.82, 2.24) is 4.90 Å². The number of phenols is 1. The lowest BCUT2D eigenvalue weighted by molar-refractivity contribution is -0.159. The van der Waals surface area contributed by atoms with Crippen molar-refractivity contribution in [2.24, 2.45) is 0 Å². The number of phenolic OH excluding ortho intramolecular Hbond substituents is 1. The van der Waals surface area contributed by atoms with Crippen LogP contribution in [0.1, 0.15) is 52.7 Å². The number of carbonyl (C=O) groups is 1. The first-order valence-corrected chi connectivity index (χ1v) is 8.45. The Morgan fingerprint density at radius 3 is 2.54 bits per heavy atom. The molecule has 1 heterocycles. The Morgan fingerprint density at radius 2 is 1.96 bits per heavy atom. The maximum absolute atomic E-state index is 11.9. The highest BCUT2D eigenvalue weighted by atomic mass is 16.6. The van der Waals surface area contributed by atoms with Gasteiger partial charge in [0.25, 0.3) is 0 Å². The third-order valence-corrected chi connectivity index (χ3v) is 3.81. The number of esters is 1. The first-order chi connectivity index (χ1) is 11.0. The fraction of sp³-hybridized carbons (Fsp3) is 0.632. The smallest absolute Gasteiger partial charge is 0.307 e. The number of benzene rings is 1. The average Bonchev–Trinajstić information content (AvgIpc) is 2.42. The standard InChI is InChI=1S/C19H29NO4/c1-18(2,3)24-17(22)10-11-20-12-16(23-19(4,5)13-20)14-6-8-15(21)9-7-14/h6-9,16,21H,10-13H2,1-5H3. The largest absolute Gasteiger partial charge is 0.508 e. The fourth-order valence-corrected chi connectivity index (χ4v) is 2.97. The van der Waals surface area contributed by atoms with Crippen LogP contribution in [0.25, 0.3) is 0 Å². The molecule has 1 aliphatic heterocycles. The summed E-state index contributed by atoms with van der Waals surface area (Å²) in [5.41, 5.74) is 0.285. The number of hydrogen-bond acceptors (Lipinski definition) is 5. The summed E-state index contributed by atoms with van der Waals surface area (Å²) in [5.74, 6) is 0.0728. The van der Waals surface area contributed by atoms with E-state index in [4.69, 9.17) is 9.47 Å². The van der Waals surface area contributed by atoms with Gasteiger partial charge in [0.05, 0.1) is 18.1 Å². The molecule has 0 saturated carbocycles. The number of morpholine rings is 1. The number of rotatable bonds is 4. The van der Waals surface area contributed by atoms with Gasteiger partial charge in [0, 0.05) is 19.6 Å². The van der Waals surface area contributed by atoms with Gasteiger partial charge in [0.1, 0.15) is 11.4 Å². The summed E-state index contributed by atoms with van der Waals surface area (Å²) in [7, 11) is 0. The number of ether oxygens (including phenoxy) is 2. The van der Waals surface area contributed by atoms with Crippen molar-refractivity contribution >= 4 is 5.97 Å². The molecular formula is C19H29NO4. The van der Waals surface area contributed by atoms with E-state index in [2.05, 4.69) is 18.7 Å². The summed E-state index contributed by atoms with van der Waals surface area (Å²) >= 11 is 0. The molecule has 134 valence electrons. The maximum Gasteiger partial charge on any atom is 0.307 e. The van der Waals surface area contributed by atoms with Gasteiger partial charge in [-0.1, -0.05) is 12.1 Å². The van der Waals surface area contributed by atoms with Crippen LogP contribution in [0.15, 0.2) is 24.3 Å². The average molecular weight is 335 g/mol. The molecule has 5 nitrogen and oxygen atoms in total. The zero-order valence-corrected chi connectivity index (χ0v) is 15.3. The normalized spacial score (nSPS) is 21.5. The predicted molar refractivity (Wildman–Crippen MR) is 92.9 cm³/mol. The summed E-state index contributed by atoms with van der Waals surface area (Å²) < 4.78 is 11.6. The van der Waals surface area contributed by atoms with Crippen molar-refractivity contribution in [3.63, 3.8) is 0 Å². The Morgan fingerprint density at radius 1 is 1.33 bits per heavy atom. The minimum atomic E-state index is -0.448. The molecule has 0 spiro atoms. The Balaban J connectivity index is 1.98. The lowest BCUT2D eigenvalue weighted by Crippen LogP contribution is -2.50. The molecule has 0 bridgehead atoms. The highest BCUT2D eigenvalue weighted by Gasteiger charge is 2.34. The van der Waals surface area contributed by atoms with E-state index in [0.717, 1.165) is 18.7 Å². The topological polar surface area (TPSA) is 59.0 Å². The van der Waals surface area contributed by atoms with Crippen molar-refractivity contribution in [3.05, 3.63) is 29.8 Å². The van der Waals surface area contributed by atoms with Gasteiger partial charge in [0.15, 0.2) is 0 Å². The van der Waals surface area contributed by atoms with E-state index >= 15 is 0 Å². The Labute approximate surface area is 144 Å². The first-order valence-electron chi connectivity index (χ1n) is 8.45. The molecule has 0 aromatic heterocycles. The van der Waals surface area contributed by atoms with Crippen LogP contribution in [-0.2, 0) is 14.3 Å². The van der Waals surface area contributed by atoms with Crippen molar-refractivity contribution in [3.8, 4) is 5.75 Å². The van der Waals surface area contributed by atoms with Gasteiger partial charge in [-0.3, -0.25) is 9.69 Å². The van der Waals surface area contributed by atoms with E-state index < -0.39 is 5.60 Å². The van der Waals surface area contributed by atoms with Crippen LogP contribution in [0, 0.1) is 0 Å². The van der Waals surface area contributed by atoms with Gasteiger partial charge in [-0.2, -0.15) is 0 Å². The van der Waals surface area contributed by atoms with Crippen molar-refractivity contribution in [2.75, 3.05) is 19.6 Å². The van der Waals surface area contributed by atoms with Gasteiger partial charge in [0.2, 0.25) is 0 Å². The molecule has 1 atom stereocenters. The van der Waals surface area contributed by atoms with Crippen molar-refractivity contribution < 1.29 is 19.4 Å². The first kappa shape index (κ1) is 18.7. The van der Waals surface area contributed by atoms with Crippen LogP contribution in [0.5, 0.6) is 5.75 Å². The summed E-state index contributed by atoms with van der Waals surface area (Å²) in [6.07, 6.45) is 0.295. The van der Waals surface area contributed by atoms with Gasteiger partial charge in [-0.25, -0.2) is 0 Å². The van der Waals surface area contributed by atoms with E-state index in [1.54, 1.807) is 12.1 Å². The SMILES string of the molecule is CC(C)(C)OC(=O)CCN1CC(c2ccc(O)cc2)OC(C)(C)C1. The number of nitrogens with zero attached hydrogens (tertiary/aromatic N) is 1. The molecule has 5 heteroatoms. The lowest BCUT2D eigenvalue weighted by atomic mass is 10.0. The highest BCUT2D eigenvalue weighted by Crippen LogP contribution is 2.31. The summed E-state index contributed by atoms with van der Waals surface area (Å²) in [6.45, 7) is 11.9. The summed E-state index contributed by atoms with van der Waals surface area (Å²) in [6, 6.07) is 7.11. The number of carbonyl (C=O) groups excluding carboxylic acids is 1. The van der Waals surface area contributed by atoms with Gasteiger partial charge >= 0.3 is 5.97 Å². The van der Waals surface area contributed by atoms with Gasteiger partial charge in [-0.15, -0.1) is 0 Å². The second kappa shape index (κ2) is 7.11.